The Labute approximate surface area is 173 Å². The molecule has 0 atom stereocenters. The Hall–Kier alpha value is -1.78. The highest BCUT2D eigenvalue weighted by Crippen LogP contribution is 2.36. The summed E-state index contributed by atoms with van der Waals surface area (Å²) in [6.45, 7) is 12.9. The Kier molecular flexibility index (Phi) is 6.33. The van der Waals surface area contributed by atoms with E-state index in [0.29, 0.717) is 5.69 Å². The molecule has 1 amide bonds. The maximum atomic E-state index is 12.4. The summed E-state index contributed by atoms with van der Waals surface area (Å²) in [5.74, 6) is -0.338. The second kappa shape index (κ2) is 7.81. The van der Waals surface area contributed by atoms with Gasteiger partial charge < -0.3 is 19.3 Å². The molecule has 8 nitrogen and oxygen atoms in total. The zero-order valence-corrected chi connectivity index (χ0v) is 19.0. The summed E-state index contributed by atoms with van der Waals surface area (Å²) in [4.78, 5) is 12.5. The minimum atomic E-state index is -3.71. The molecule has 29 heavy (non-hydrogen) atoms. The number of nitrogens with zero attached hydrogens (tertiary/aromatic N) is 1. The first kappa shape index (κ1) is 23.5. The predicted octanol–water partition coefficient (Wildman–Crippen LogP) is 2.51. The zero-order chi connectivity index (χ0) is 22.3. The van der Waals surface area contributed by atoms with Crippen LogP contribution in [0.25, 0.3) is 0 Å². The van der Waals surface area contributed by atoms with Gasteiger partial charge in [0.15, 0.2) is 0 Å². The molecular formula is C19H31BN2O6S. The van der Waals surface area contributed by atoms with Crippen molar-refractivity contribution in [3.05, 3.63) is 24.3 Å². The SMILES string of the molecule is CC(C)(C)N(CCS(=O)(=O)Nc1ccc(B2OC(C)(C)C(C)(C)O2)cc1)C(=O)O. The number of carboxylic acid groups (broad SMARTS) is 1. The minimum Gasteiger partial charge on any atom is -0.465 e. The van der Waals surface area contributed by atoms with Crippen LogP contribution in [0, 0.1) is 0 Å². The van der Waals surface area contributed by atoms with Gasteiger partial charge in [0.2, 0.25) is 10.0 Å². The molecule has 10 heteroatoms. The third-order valence-corrected chi connectivity index (χ3v) is 6.60. The molecule has 1 aromatic rings. The van der Waals surface area contributed by atoms with E-state index in [0.717, 1.165) is 10.4 Å². The highest BCUT2D eigenvalue weighted by molar-refractivity contribution is 7.92. The highest BCUT2D eigenvalue weighted by Gasteiger charge is 2.51. The van der Waals surface area contributed by atoms with Crippen LogP contribution in [0.3, 0.4) is 0 Å². The van der Waals surface area contributed by atoms with Gasteiger partial charge in [0.25, 0.3) is 0 Å². The van der Waals surface area contributed by atoms with Crippen LogP contribution >= 0.6 is 0 Å². The molecule has 1 aromatic carbocycles. The summed E-state index contributed by atoms with van der Waals surface area (Å²) in [6.07, 6.45) is -1.15. The highest BCUT2D eigenvalue weighted by atomic mass is 32.2. The van der Waals surface area contributed by atoms with Crippen molar-refractivity contribution in [2.45, 2.75) is 65.2 Å². The molecule has 1 saturated heterocycles. The van der Waals surface area contributed by atoms with Crippen molar-refractivity contribution in [3.63, 3.8) is 0 Å². The Morgan fingerprint density at radius 1 is 1.10 bits per heavy atom. The monoisotopic (exact) mass is 426 g/mol. The maximum Gasteiger partial charge on any atom is 0.494 e. The van der Waals surface area contributed by atoms with Gasteiger partial charge in [-0.3, -0.25) is 4.72 Å². The molecule has 0 bridgehead atoms. The smallest absolute Gasteiger partial charge is 0.465 e. The molecular weight excluding hydrogens is 395 g/mol. The lowest BCUT2D eigenvalue weighted by atomic mass is 9.79. The van der Waals surface area contributed by atoms with Gasteiger partial charge in [0.05, 0.1) is 17.0 Å². The van der Waals surface area contributed by atoms with Gasteiger partial charge in [0, 0.05) is 17.8 Å². The third kappa shape index (κ3) is 5.64. The molecule has 0 unspecified atom stereocenters. The Morgan fingerprint density at radius 3 is 2.00 bits per heavy atom. The van der Waals surface area contributed by atoms with E-state index in [1.165, 1.54) is 0 Å². The molecule has 1 heterocycles. The first-order valence-electron chi connectivity index (χ1n) is 9.51. The number of rotatable bonds is 6. The number of hydrogen-bond donors (Lipinski definition) is 2. The van der Waals surface area contributed by atoms with Crippen molar-refractivity contribution >= 4 is 34.4 Å². The number of anilines is 1. The van der Waals surface area contributed by atoms with Crippen molar-refractivity contribution in [3.8, 4) is 0 Å². The van der Waals surface area contributed by atoms with Crippen LogP contribution in [-0.2, 0) is 19.3 Å². The van der Waals surface area contributed by atoms with Crippen LogP contribution in [0.15, 0.2) is 24.3 Å². The molecule has 1 aliphatic heterocycles. The van der Waals surface area contributed by atoms with E-state index in [9.17, 15) is 18.3 Å². The number of nitrogens with one attached hydrogen (secondary N) is 1. The third-order valence-electron chi connectivity index (χ3n) is 5.33. The summed E-state index contributed by atoms with van der Waals surface area (Å²) in [7, 11) is -4.24. The number of benzene rings is 1. The van der Waals surface area contributed by atoms with E-state index in [4.69, 9.17) is 9.31 Å². The standard InChI is InChI=1S/C19H31BN2O6S/c1-17(2,3)22(16(23)24)12-13-29(25,26)21-15-10-8-14(9-11-15)20-27-18(4,5)19(6,7)28-20/h8-11,21H,12-13H2,1-7H3,(H,23,24). The van der Waals surface area contributed by atoms with E-state index in [2.05, 4.69) is 4.72 Å². The number of amides is 1. The molecule has 0 saturated carbocycles. The first-order chi connectivity index (χ1) is 13.0. The minimum absolute atomic E-state index is 0.125. The second-order valence-corrected chi connectivity index (χ2v) is 11.1. The van der Waals surface area contributed by atoms with Crippen molar-refractivity contribution in [2.24, 2.45) is 0 Å². The van der Waals surface area contributed by atoms with Crippen LogP contribution < -0.4 is 10.2 Å². The number of sulfonamides is 1. The van der Waals surface area contributed by atoms with Gasteiger partial charge in [-0.05, 0) is 66.1 Å². The lowest BCUT2D eigenvalue weighted by Crippen LogP contribution is -2.47. The summed E-state index contributed by atoms with van der Waals surface area (Å²) in [6, 6.07) is 6.77. The Balaban J connectivity index is 2.03. The van der Waals surface area contributed by atoms with E-state index in [1.807, 2.05) is 27.7 Å². The van der Waals surface area contributed by atoms with E-state index < -0.39 is 40.0 Å². The summed E-state index contributed by atoms with van der Waals surface area (Å²) in [5, 5.41) is 9.29. The molecule has 0 radical (unpaired) electrons. The summed E-state index contributed by atoms with van der Waals surface area (Å²) < 4.78 is 39.2. The van der Waals surface area contributed by atoms with E-state index in [-0.39, 0.29) is 12.3 Å². The quantitative estimate of drug-likeness (QED) is 0.678. The van der Waals surface area contributed by atoms with Gasteiger partial charge in [-0.15, -0.1) is 0 Å². The number of carbonyl (C=O) groups is 1. The van der Waals surface area contributed by atoms with Crippen molar-refractivity contribution in [2.75, 3.05) is 17.0 Å². The largest absolute Gasteiger partial charge is 0.494 e. The topological polar surface area (TPSA) is 105 Å². The van der Waals surface area contributed by atoms with Gasteiger partial charge in [-0.25, -0.2) is 13.2 Å². The molecule has 1 aliphatic rings. The van der Waals surface area contributed by atoms with Crippen molar-refractivity contribution < 1.29 is 27.6 Å². The molecule has 0 aliphatic carbocycles. The Bertz CT molecular complexity index is 830. The molecule has 162 valence electrons. The van der Waals surface area contributed by atoms with Crippen molar-refractivity contribution in [1.29, 1.82) is 0 Å². The van der Waals surface area contributed by atoms with Gasteiger partial charge >= 0.3 is 13.2 Å². The molecule has 0 aromatic heterocycles. The fourth-order valence-electron chi connectivity index (χ4n) is 2.85. The van der Waals surface area contributed by atoms with E-state index >= 15 is 0 Å². The average molecular weight is 426 g/mol. The molecule has 2 N–H and O–H groups in total. The second-order valence-electron chi connectivity index (χ2n) is 9.24. The fraction of sp³-hybridized carbons (Fsp3) is 0.632. The Morgan fingerprint density at radius 2 is 1.59 bits per heavy atom. The van der Waals surface area contributed by atoms with Crippen LogP contribution in [0.1, 0.15) is 48.5 Å². The molecule has 0 spiro atoms. The lowest BCUT2D eigenvalue weighted by molar-refractivity contribution is 0.00578. The van der Waals surface area contributed by atoms with Crippen LogP contribution in [0.4, 0.5) is 10.5 Å². The summed E-state index contributed by atoms with van der Waals surface area (Å²) >= 11 is 0. The van der Waals surface area contributed by atoms with Crippen molar-refractivity contribution in [1.82, 2.24) is 4.90 Å². The maximum absolute atomic E-state index is 12.4. The first-order valence-corrected chi connectivity index (χ1v) is 11.2. The van der Waals surface area contributed by atoms with E-state index in [1.54, 1.807) is 45.0 Å². The fourth-order valence-corrected chi connectivity index (χ4v) is 3.87. The van der Waals surface area contributed by atoms with Crippen LogP contribution in [-0.4, -0.2) is 60.7 Å². The predicted molar refractivity (Wildman–Crippen MR) is 114 cm³/mol. The molecule has 2 rings (SSSR count). The normalized spacial score (nSPS) is 18.5. The van der Waals surface area contributed by atoms with Crippen LogP contribution in [0.5, 0.6) is 0 Å². The lowest BCUT2D eigenvalue weighted by Gasteiger charge is -2.33. The zero-order valence-electron chi connectivity index (χ0n) is 18.1. The van der Waals surface area contributed by atoms with Gasteiger partial charge in [-0.1, -0.05) is 12.1 Å². The van der Waals surface area contributed by atoms with Gasteiger partial charge in [-0.2, -0.15) is 0 Å². The van der Waals surface area contributed by atoms with Crippen LogP contribution in [0.2, 0.25) is 0 Å². The number of hydrogen-bond acceptors (Lipinski definition) is 5. The van der Waals surface area contributed by atoms with Gasteiger partial charge in [0.1, 0.15) is 0 Å². The molecule has 1 fully saturated rings. The average Bonchev–Trinajstić information content (AvgIpc) is 2.74. The summed E-state index contributed by atoms with van der Waals surface area (Å²) in [5.41, 5.74) is -0.423.